The van der Waals surface area contributed by atoms with Crippen LogP contribution in [0.4, 0.5) is 0 Å². The Hall–Kier alpha value is -0.890. The highest BCUT2D eigenvalue weighted by atomic mass is 35.5. The molecule has 5 heteroatoms. The van der Waals surface area contributed by atoms with Crippen LogP contribution in [0.2, 0.25) is 5.15 Å². The van der Waals surface area contributed by atoms with E-state index in [-0.39, 0.29) is 0 Å². The Morgan fingerprint density at radius 2 is 2.33 bits per heavy atom. The molecule has 62 valence electrons. The lowest BCUT2D eigenvalue weighted by molar-refractivity contribution is 0.562. The van der Waals surface area contributed by atoms with Crippen molar-refractivity contribution >= 4 is 29.3 Å². The molecular formula is C7H4Cl2N2O. The second-order valence-corrected chi connectivity index (χ2v) is 2.77. The van der Waals surface area contributed by atoms with Crippen LogP contribution in [0.5, 0.6) is 0 Å². The monoisotopic (exact) mass is 202 g/mol. The number of rotatable bonds is 2. The predicted octanol–water partition coefficient (Wildman–Crippen LogP) is 2.31. The molecule has 0 spiro atoms. The lowest BCUT2D eigenvalue weighted by Crippen LogP contribution is -1.87. The minimum Gasteiger partial charge on any atom is -0.244 e. The zero-order chi connectivity index (χ0) is 8.97. The van der Waals surface area contributed by atoms with Gasteiger partial charge in [0.05, 0.1) is 0 Å². The van der Waals surface area contributed by atoms with Gasteiger partial charge in [-0.1, -0.05) is 29.3 Å². The lowest BCUT2D eigenvalue weighted by Gasteiger charge is -1.99. The van der Waals surface area contributed by atoms with Gasteiger partial charge in [-0.25, -0.2) is 9.78 Å². The van der Waals surface area contributed by atoms with E-state index < -0.39 is 5.50 Å². The van der Waals surface area contributed by atoms with Crippen molar-refractivity contribution in [2.45, 2.75) is 5.50 Å². The van der Waals surface area contributed by atoms with Crippen LogP contribution in [0, 0.1) is 0 Å². The Balaban J connectivity index is 2.89. The van der Waals surface area contributed by atoms with Gasteiger partial charge in [0, 0.05) is 11.8 Å². The number of aliphatic imine (C=N–C) groups is 1. The van der Waals surface area contributed by atoms with Gasteiger partial charge in [0.15, 0.2) is 5.50 Å². The largest absolute Gasteiger partial charge is 0.244 e. The molecule has 1 atom stereocenters. The fraction of sp³-hybridized carbons (Fsp3) is 0.143. The second-order valence-electron chi connectivity index (χ2n) is 1.97. The highest BCUT2D eigenvalue weighted by Crippen LogP contribution is 2.20. The summed E-state index contributed by atoms with van der Waals surface area (Å²) in [5.74, 6) is 0. The third-order valence-electron chi connectivity index (χ3n) is 1.19. The standard InChI is InChI=1S/C7H4Cl2N2O/c8-6-2-1-5(3-10-6)7(9)11-4-12/h1-3,7H/t7-/m0/s1. The van der Waals surface area contributed by atoms with Crippen LogP contribution >= 0.6 is 23.2 Å². The third kappa shape index (κ3) is 2.31. The summed E-state index contributed by atoms with van der Waals surface area (Å²) in [6.07, 6.45) is 2.82. The number of aromatic nitrogens is 1. The van der Waals surface area contributed by atoms with E-state index in [0.29, 0.717) is 10.7 Å². The van der Waals surface area contributed by atoms with Crippen LogP contribution in [-0.4, -0.2) is 11.1 Å². The molecule has 1 heterocycles. The molecule has 0 amide bonds. The highest BCUT2D eigenvalue weighted by Gasteiger charge is 2.04. The summed E-state index contributed by atoms with van der Waals surface area (Å²) in [4.78, 5) is 16.9. The Kier molecular flexibility index (Phi) is 3.23. The predicted molar refractivity (Wildman–Crippen MR) is 46.0 cm³/mol. The van der Waals surface area contributed by atoms with Gasteiger partial charge in [-0.05, 0) is 6.07 Å². The first-order chi connectivity index (χ1) is 5.74. The van der Waals surface area contributed by atoms with E-state index in [1.807, 2.05) is 0 Å². The van der Waals surface area contributed by atoms with E-state index >= 15 is 0 Å². The quantitative estimate of drug-likeness (QED) is 0.243. The number of nitrogens with zero attached hydrogens (tertiary/aromatic N) is 2. The maximum atomic E-state index is 9.83. The van der Waals surface area contributed by atoms with Crippen molar-refractivity contribution in [2.75, 3.05) is 0 Å². The normalized spacial score (nSPS) is 11.8. The Bertz CT molecular complexity index is 306. The van der Waals surface area contributed by atoms with E-state index in [9.17, 15) is 4.79 Å². The lowest BCUT2D eigenvalue weighted by atomic mass is 10.3. The molecule has 3 nitrogen and oxygen atoms in total. The minimum absolute atomic E-state index is 0.373. The Morgan fingerprint density at radius 3 is 2.83 bits per heavy atom. The molecule has 0 saturated heterocycles. The molecule has 0 aliphatic rings. The number of hydrogen-bond donors (Lipinski definition) is 0. The fourth-order valence-electron chi connectivity index (χ4n) is 0.649. The number of alkyl halides is 1. The summed E-state index contributed by atoms with van der Waals surface area (Å²) in [6.45, 7) is 0. The van der Waals surface area contributed by atoms with Crippen molar-refractivity contribution in [3.05, 3.63) is 29.0 Å². The number of carbonyl (C=O) groups excluding carboxylic acids is 1. The van der Waals surface area contributed by atoms with Crippen LogP contribution in [-0.2, 0) is 4.79 Å². The molecule has 1 rings (SSSR count). The summed E-state index contributed by atoms with van der Waals surface area (Å²) in [6, 6.07) is 3.22. The van der Waals surface area contributed by atoms with E-state index in [2.05, 4.69) is 9.98 Å². The average molecular weight is 203 g/mol. The van der Waals surface area contributed by atoms with Crippen LogP contribution in [0.3, 0.4) is 0 Å². The molecule has 1 aromatic rings. The van der Waals surface area contributed by atoms with Gasteiger partial charge in [-0.15, -0.1) is 0 Å². The first-order valence-electron chi connectivity index (χ1n) is 3.06. The van der Waals surface area contributed by atoms with E-state index in [0.717, 1.165) is 0 Å². The topological polar surface area (TPSA) is 42.3 Å². The van der Waals surface area contributed by atoms with Gasteiger partial charge in [0.2, 0.25) is 6.08 Å². The Morgan fingerprint density at radius 1 is 1.58 bits per heavy atom. The zero-order valence-electron chi connectivity index (χ0n) is 5.87. The summed E-state index contributed by atoms with van der Waals surface area (Å²) in [5, 5.41) is 0.373. The first-order valence-corrected chi connectivity index (χ1v) is 3.88. The molecule has 0 bridgehead atoms. The van der Waals surface area contributed by atoms with Crippen molar-refractivity contribution in [1.29, 1.82) is 0 Å². The molecule has 0 radical (unpaired) electrons. The van der Waals surface area contributed by atoms with Crippen LogP contribution in [0.15, 0.2) is 23.3 Å². The number of halogens is 2. The fourth-order valence-corrected chi connectivity index (χ4v) is 0.930. The smallest absolute Gasteiger partial charge is 0.236 e. The molecule has 0 aliphatic carbocycles. The number of isocyanates is 1. The van der Waals surface area contributed by atoms with Crippen LogP contribution in [0.1, 0.15) is 11.1 Å². The molecule has 0 aromatic carbocycles. The SMILES string of the molecule is O=C=N[C@H](Cl)c1ccc(Cl)nc1. The van der Waals surface area contributed by atoms with Crippen molar-refractivity contribution in [1.82, 2.24) is 4.98 Å². The zero-order valence-corrected chi connectivity index (χ0v) is 7.38. The molecule has 12 heavy (non-hydrogen) atoms. The summed E-state index contributed by atoms with van der Waals surface area (Å²) in [7, 11) is 0. The Labute approximate surface area is 79.0 Å². The van der Waals surface area contributed by atoms with Gasteiger partial charge in [0.1, 0.15) is 5.15 Å². The highest BCUT2D eigenvalue weighted by molar-refractivity contribution is 6.29. The molecule has 0 N–H and O–H groups in total. The van der Waals surface area contributed by atoms with E-state index in [1.165, 1.54) is 12.3 Å². The van der Waals surface area contributed by atoms with Gasteiger partial charge in [0.25, 0.3) is 0 Å². The molecule has 1 aromatic heterocycles. The number of hydrogen-bond acceptors (Lipinski definition) is 3. The minimum atomic E-state index is -0.729. The summed E-state index contributed by atoms with van der Waals surface area (Å²) < 4.78 is 0. The average Bonchev–Trinajstić information content (AvgIpc) is 2.06. The van der Waals surface area contributed by atoms with Crippen molar-refractivity contribution < 1.29 is 4.79 Å². The number of pyridine rings is 1. The van der Waals surface area contributed by atoms with E-state index in [4.69, 9.17) is 23.2 Å². The molecule has 0 unspecified atom stereocenters. The van der Waals surface area contributed by atoms with Crippen LogP contribution in [0.25, 0.3) is 0 Å². The first kappa shape index (κ1) is 9.20. The van der Waals surface area contributed by atoms with Crippen molar-refractivity contribution in [3.63, 3.8) is 0 Å². The third-order valence-corrected chi connectivity index (χ3v) is 1.76. The van der Waals surface area contributed by atoms with Gasteiger partial charge in [-0.2, -0.15) is 4.99 Å². The van der Waals surface area contributed by atoms with E-state index in [1.54, 1.807) is 12.1 Å². The molecule has 0 aliphatic heterocycles. The van der Waals surface area contributed by atoms with Gasteiger partial charge >= 0.3 is 0 Å². The molecule has 0 saturated carbocycles. The molecule has 0 fully saturated rings. The second kappa shape index (κ2) is 4.21. The maximum Gasteiger partial charge on any atom is 0.236 e. The van der Waals surface area contributed by atoms with Gasteiger partial charge in [-0.3, -0.25) is 0 Å². The van der Waals surface area contributed by atoms with Crippen LogP contribution < -0.4 is 0 Å². The van der Waals surface area contributed by atoms with Gasteiger partial charge < -0.3 is 0 Å². The van der Waals surface area contributed by atoms with Crippen molar-refractivity contribution in [3.8, 4) is 0 Å². The summed E-state index contributed by atoms with van der Waals surface area (Å²) in [5.41, 5.74) is -0.114. The molecular weight excluding hydrogens is 199 g/mol. The summed E-state index contributed by atoms with van der Waals surface area (Å²) >= 11 is 11.2. The van der Waals surface area contributed by atoms with Crippen molar-refractivity contribution in [2.24, 2.45) is 4.99 Å². The maximum absolute atomic E-state index is 9.83.